The quantitative estimate of drug-likeness (QED) is 0.747. The van der Waals surface area contributed by atoms with Crippen LogP contribution in [-0.2, 0) is 10.8 Å². The first kappa shape index (κ1) is 20.6. The summed E-state index contributed by atoms with van der Waals surface area (Å²) in [5.74, 6) is 0.0649. The summed E-state index contributed by atoms with van der Waals surface area (Å²) in [7, 11) is -1.60. The lowest BCUT2D eigenvalue weighted by Crippen LogP contribution is -2.19. The average Bonchev–Trinajstić information content (AvgIpc) is 3.02. The van der Waals surface area contributed by atoms with E-state index in [-0.39, 0.29) is 10.9 Å². The normalized spacial score (nSPS) is 13.4. The minimum absolute atomic E-state index is 0.0649. The molecule has 27 heavy (non-hydrogen) atoms. The molecule has 0 aliphatic rings. The average molecular weight is 397 g/mol. The maximum atomic E-state index is 12.4. The number of hydrogen-bond donors (Lipinski definition) is 1. The van der Waals surface area contributed by atoms with Crippen molar-refractivity contribution < 1.29 is 22.1 Å². The first-order valence-electron chi connectivity index (χ1n) is 7.84. The molecule has 0 saturated heterocycles. The van der Waals surface area contributed by atoms with Gasteiger partial charge in [0.25, 0.3) is 0 Å². The Bertz CT molecular complexity index is 902. The van der Waals surface area contributed by atoms with Gasteiger partial charge < -0.3 is 9.72 Å². The van der Waals surface area contributed by atoms with E-state index in [2.05, 4.69) is 21.5 Å². The molecule has 0 fully saturated rings. The first-order chi connectivity index (χ1) is 12.7. The summed E-state index contributed by atoms with van der Waals surface area (Å²) in [5.41, 5.74) is 2.02. The van der Waals surface area contributed by atoms with Gasteiger partial charge in [0.05, 0.1) is 17.1 Å². The van der Waals surface area contributed by atoms with Crippen molar-refractivity contribution in [1.29, 1.82) is 0 Å². The lowest BCUT2D eigenvalue weighted by atomic mass is 10.2. The van der Waals surface area contributed by atoms with Crippen molar-refractivity contribution in [2.75, 3.05) is 6.61 Å². The highest BCUT2D eigenvalue weighted by atomic mass is 32.2. The predicted octanol–water partition coefficient (Wildman–Crippen LogP) is 4.51. The molecule has 2 aromatic rings. The number of rotatable bonds is 7. The number of allylic oxidation sites excluding steroid dienone is 1. The number of imidazole rings is 1. The van der Waals surface area contributed by atoms with Crippen LogP contribution in [0.2, 0.25) is 0 Å². The molecule has 9 heteroatoms. The van der Waals surface area contributed by atoms with E-state index >= 15 is 0 Å². The van der Waals surface area contributed by atoms with Crippen LogP contribution in [-0.4, -0.2) is 31.9 Å². The van der Waals surface area contributed by atoms with Crippen molar-refractivity contribution >= 4 is 29.0 Å². The zero-order valence-corrected chi connectivity index (χ0v) is 15.5. The Hall–Kier alpha value is -2.68. The van der Waals surface area contributed by atoms with E-state index in [1.54, 1.807) is 19.1 Å². The number of pyridine rings is 1. The topological polar surface area (TPSA) is 67.9 Å². The van der Waals surface area contributed by atoms with Crippen molar-refractivity contribution in [3.63, 3.8) is 0 Å². The Kier molecular flexibility index (Phi) is 6.73. The summed E-state index contributed by atoms with van der Waals surface area (Å²) >= 11 is 0. The van der Waals surface area contributed by atoms with Gasteiger partial charge in [-0.15, -0.1) is 0 Å². The van der Waals surface area contributed by atoms with E-state index in [0.717, 1.165) is 0 Å². The standard InChI is InChI=1S/C18H18F3N3O2S/c1-4-6-15-13(5-2)23-17(24-15)27(25)10-8-14-12(3)16(7-9-22-14)26-11-18(19,20)21/h4-10H,2,11H2,1,3H3,(H,23,24)/b6-4-,10-8+. The van der Waals surface area contributed by atoms with Gasteiger partial charge in [0.15, 0.2) is 6.61 Å². The largest absolute Gasteiger partial charge is 0.484 e. The van der Waals surface area contributed by atoms with E-state index < -0.39 is 23.6 Å². The van der Waals surface area contributed by atoms with Crippen molar-refractivity contribution in [1.82, 2.24) is 15.0 Å². The highest BCUT2D eigenvalue weighted by Crippen LogP contribution is 2.24. The summed E-state index contributed by atoms with van der Waals surface area (Å²) in [6.45, 7) is 5.68. The fourth-order valence-electron chi connectivity index (χ4n) is 2.13. The van der Waals surface area contributed by atoms with Crippen LogP contribution in [0.15, 0.2) is 35.5 Å². The molecule has 0 radical (unpaired) electrons. The van der Waals surface area contributed by atoms with Gasteiger partial charge in [0.2, 0.25) is 5.16 Å². The second kappa shape index (κ2) is 8.81. The van der Waals surface area contributed by atoms with E-state index in [1.807, 2.05) is 13.0 Å². The van der Waals surface area contributed by atoms with E-state index in [4.69, 9.17) is 4.74 Å². The molecule has 0 saturated carbocycles. The van der Waals surface area contributed by atoms with Gasteiger partial charge in [-0.1, -0.05) is 12.7 Å². The number of aromatic amines is 1. The molecule has 2 aromatic heterocycles. The molecule has 0 amide bonds. The number of halogens is 3. The SMILES string of the molecule is C=Cc1nc(S(=O)/C=C/c2nccc(OCC(F)(F)F)c2C)[nH]c1/C=C\C. The van der Waals surface area contributed by atoms with Crippen molar-refractivity contribution in [2.45, 2.75) is 25.2 Å². The van der Waals surface area contributed by atoms with Crippen molar-refractivity contribution in [2.24, 2.45) is 0 Å². The monoisotopic (exact) mass is 397 g/mol. The molecule has 0 spiro atoms. The Labute approximate surface area is 157 Å². The molecule has 1 N–H and O–H groups in total. The van der Waals surface area contributed by atoms with Crippen LogP contribution in [0.5, 0.6) is 5.75 Å². The maximum Gasteiger partial charge on any atom is 0.422 e. The minimum Gasteiger partial charge on any atom is -0.484 e. The molecule has 2 heterocycles. The lowest BCUT2D eigenvalue weighted by molar-refractivity contribution is -0.153. The molecule has 0 bridgehead atoms. The number of nitrogens with one attached hydrogen (secondary N) is 1. The van der Waals surface area contributed by atoms with Crippen LogP contribution in [0.25, 0.3) is 18.2 Å². The second-order valence-electron chi connectivity index (χ2n) is 5.37. The third kappa shape index (κ3) is 5.65. The molecule has 0 aliphatic heterocycles. The number of alkyl halides is 3. The summed E-state index contributed by atoms with van der Waals surface area (Å²) in [5, 5.41) is 1.59. The van der Waals surface area contributed by atoms with Gasteiger partial charge in [-0.3, -0.25) is 4.98 Å². The van der Waals surface area contributed by atoms with Crippen molar-refractivity contribution in [3.05, 3.63) is 53.0 Å². The summed E-state index contributed by atoms with van der Waals surface area (Å²) in [4.78, 5) is 11.2. The summed E-state index contributed by atoms with van der Waals surface area (Å²) < 4.78 is 54.2. The van der Waals surface area contributed by atoms with Gasteiger partial charge >= 0.3 is 6.18 Å². The van der Waals surface area contributed by atoms with E-state index in [9.17, 15) is 17.4 Å². The predicted molar refractivity (Wildman–Crippen MR) is 99.4 cm³/mol. The van der Waals surface area contributed by atoms with Crippen LogP contribution < -0.4 is 4.74 Å². The van der Waals surface area contributed by atoms with E-state index in [1.165, 1.54) is 23.7 Å². The number of nitrogens with zero attached hydrogens (tertiary/aromatic N) is 2. The van der Waals surface area contributed by atoms with Crippen LogP contribution >= 0.6 is 0 Å². The molecule has 1 unspecified atom stereocenters. The van der Waals surface area contributed by atoms with Crippen LogP contribution in [0.4, 0.5) is 13.2 Å². The summed E-state index contributed by atoms with van der Waals surface area (Å²) in [6, 6.07) is 1.35. The highest BCUT2D eigenvalue weighted by Gasteiger charge is 2.28. The van der Waals surface area contributed by atoms with Gasteiger partial charge in [0, 0.05) is 17.2 Å². The van der Waals surface area contributed by atoms with Crippen LogP contribution in [0.3, 0.4) is 0 Å². The number of aromatic nitrogens is 3. The minimum atomic E-state index is -4.43. The number of H-pyrrole nitrogens is 1. The first-order valence-corrected chi connectivity index (χ1v) is 9.05. The Balaban J connectivity index is 2.20. The fraction of sp³-hybridized carbons (Fsp3) is 0.222. The molecule has 0 aliphatic carbocycles. The van der Waals surface area contributed by atoms with Gasteiger partial charge in [-0.2, -0.15) is 13.2 Å². The smallest absolute Gasteiger partial charge is 0.422 e. The molecular formula is C18H18F3N3O2S. The summed E-state index contributed by atoms with van der Waals surface area (Å²) in [6.07, 6.45) is 3.49. The Morgan fingerprint density at radius 3 is 2.70 bits per heavy atom. The molecule has 144 valence electrons. The third-order valence-corrected chi connectivity index (χ3v) is 4.35. The molecule has 0 aromatic carbocycles. The maximum absolute atomic E-state index is 12.4. The number of ether oxygens (including phenoxy) is 1. The van der Waals surface area contributed by atoms with Gasteiger partial charge in [-0.25, -0.2) is 9.19 Å². The molecular weight excluding hydrogens is 379 g/mol. The van der Waals surface area contributed by atoms with Gasteiger partial charge in [0.1, 0.15) is 16.5 Å². The lowest BCUT2D eigenvalue weighted by Gasteiger charge is -2.12. The fourth-order valence-corrected chi connectivity index (χ4v) is 2.91. The highest BCUT2D eigenvalue weighted by molar-refractivity contribution is 7.88. The molecule has 2 rings (SSSR count). The molecule has 1 atom stereocenters. The second-order valence-corrected chi connectivity index (χ2v) is 6.62. The Morgan fingerprint density at radius 2 is 2.07 bits per heavy atom. The van der Waals surface area contributed by atoms with E-state index in [0.29, 0.717) is 22.6 Å². The van der Waals surface area contributed by atoms with Gasteiger partial charge in [-0.05, 0) is 38.1 Å². The Morgan fingerprint density at radius 1 is 1.33 bits per heavy atom. The van der Waals surface area contributed by atoms with Crippen LogP contribution in [0.1, 0.15) is 29.6 Å². The van der Waals surface area contributed by atoms with Crippen LogP contribution in [0, 0.1) is 6.92 Å². The van der Waals surface area contributed by atoms with Crippen molar-refractivity contribution in [3.8, 4) is 5.75 Å². The molecule has 5 nitrogen and oxygen atoms in total. The zero-order valence-electron chi connectivity index (χ0n) is 14.7. The number of hydrogen-bond acceptors (Lipinski definition) is 4. The zero-order chi connectivity index (χ0) is 20.0. The third-order valence-electron chi connectivity index (χ3n) is 3.39.